The van der Waals surface area contributed by atoms with Crippen molar-refractivity contribution in [1.29, 1.82) is 0 Å². The first kappa shape index (κ1) is 36.9. The highest BCUT2D eigenvalue weighted by atomic mass is 16.5. The number of hydrogen-bond acceptors (Lipinski definition) is 10. The first-order valence-corrected chi connectivity index (χ1v) is 17.4. The van der Waals surface area contributed by atoms with Gasteiger partial charge in [0.1, 0.15) is 23.5 Å². The van der Waals surface area contributed by atoms with Gasteiger partial charge in [0, 0.05) is 56.5 Å². The summed E-state index contributed by atoms with van der Waals surface area (Å²) in [6, 6.07) is 15.3. The number of amides is 2. The molecule has 2 aliphatic heterocycles. The summed E-state index contributed by atoms with van der Waals surface area (Å²) in [6.45, 7) is 7.95. The van der Waals surface area contributed by atoms with E-state index < -0.39 is 6.04 Å². The Morgan fingerprint density at radius 1 is 1.02 bits per heavy atom. The molecular weight excluding hydrogens is 650 g/mol. The maximum Gasteiger partial charge on any atom is 0.328 e. The maximum atomic E-state index is 13.8. The Morgan fingerprint density at radius 2 is 1.80 bits per heavy atom. The summed E-state index contributed by atoms with van der Waals surface area (Å²) in [7, 11) is 5.24. The van der Waals surface area contributed by atoms with Gasteiger partial charge >= 0.3 is 5.97 Å². The first-order valence-electron chi connectivity index (χ1n) is 17.4. The van der Waals surface area contributed by atoms with Crippen molar-refractivity contribution in [1.82, 2.24) is 9.80 Å². The molecule has 1 saturated heterocycles. The van der Waals surface area contributed by atoms with E-state index in [0.717, 1.165) is 55.8 Å². The average Bonchev–Trinajstić information content (AvgIpc) is 3.58. The van der Waals surface area contributed by atoms with Crippen LogP contribution < -0.4 is 25.0 Å². The minimum atomic E-state index is -0.559. The molecule has 0 bridgehead atoms. The number of ether oxygens (including phenoxy) is 3. The third-order valence-electron chi connectivity index (χ3n) is 9.28. The largest absolute Gasteiger partial charge is 0.495 e. The van der Waals surface area contributed by atoms with Gasteiger partial charge < -0.3 is 39.5 Å². The van der Waals surface area contributed by atoms with E-state index in [0.29, 0.717) is 59.1 Å². The van der Waals surface area contributed by atoms with Crippen molar-refractivity contribution < 1.29 is 33.4 Å². The lowest BCUT2D eigenvalue weighted by Gasteiger charge is -2.34. The molecule has 2 N–H and O–H groups in total. The highest BCUT2D eigenvalue weighted by Gasteiger charge is 2.31. The number of rotatable bonds is 14. The monoisotopic (exact) mass is 697 g/mol. The molecule has 1 atom stereocenters. The number of aryl methyl sites for hydroxylation is 1. The Kier molecular flexibility index (Phi) is 12.4. The van der Waals surface area contributed by atoms with Gasteiger partial charge in [0.2, 0.25) is 0 Å². The summed E-state index contributed by atoms with van der Waals surface area (Å²) in [6.07, 6.45) is 2.50. The van der Waals surface area contributed by atoms with Crippen LogP contribution in [0.4, 0.5) is 17.1 Å². The molecule has 1 unspecified atom stereocenters. The smallest absolute Gasteiger partial charge is 0.328 e. The van der Waals surface area contributed by atoms with E-state index in [4.69, 9.17) is 14.2 Å². The molecule has 0 spiro atoms. The number of nitrogens with one attached hydrogen (secondary N) is 2. The van der Waals surface area contributed by atoms with Crippen LogP contribution in [-0.4, -0.2) is 100 Å². The fourth-order valence-electron chi connectivity index (χ4n) is 6.34. The highest BCUT2D eigenvalue weighted by molar-refractivity contribution is 6.09. The predicted molar refractivity (Wildman–Crippen MR) is 197 cm³/mol. The van der Waals surface area contributed by atoms with E-state index in [1.165, 1.54) is 12.0 Å². The lowest BCUT2D eigenvalue weighted by Crippen LogP contribution is -2.44. The van der Waals surface area contributed by atoms with Crippen LogP contribution in [0.1, 0.15) is 58.0 Å². The SMILES string of the molecule is CCOC(=O)C1Cc2c(cccc2C(=O)Nc2ccc(C(=O)N(C)c3ccc(C)cc3OCCCCC(=C=O)N3CCN(C)CC3)cc2OC)N1. The summed E-state index contributed by atoms with van der Waals surface area (Å²) in [5.41, 5.74) is 4.94. The van der Waals surface area contributed by atoms with E-state index in [1.54, 1.807) is 44.3 Å². The van der Waals surface area contributed by atoms with E-state index in [1.807, 2.05) is 31.2 Å². The molecule has 2 amide bonds. The van der Waals surface area contributed by atoms with Crippen LogP contribution in [0.5, 0.6) is 11.5 Å². The summed E-state index contributed by atoms with van der Waals surface area (Å²) in [4.78, 5) is 57.1. The molecule has 5 rings (SSSR count). The standard InChI is InChI=1S/C39H47N5O7/c1-6-50-39(48)33-24-30-29(11-9-12-31(30)40-33)37(46)41-32-15-14-27(23-35(32)49-5)38(47)43(4)34-16-13-26(2)22-36(34)51-21-8-7-10-28(25-45)44-19-17-42(3)18-20-44/h9,11-16,22-23,33,40H,6-8,10,17-21,24H2,1-5H3,(H,41,46). The second-order valence-electron chi connectivity index (χ2n) is 12.8. The molecule has 1 fully saturated rings. The molecular formula is C39H47N5O7. The first-order chi connectivity index (χ1) is 24.6. The van der Waals surface area contributed by atoms with Gasteiger partial charge in [0.15, 0.2) is 0 Å². The zero-order chi connectivity index (χ0) is 36.5. The average molecular weight is 698 g/mol. The Morgan fingerprint density at radius 3 is 2.53 bits per heavy atom. The number of nitrogens with zero attached hydrogens (tertiary/aromatic N) is 3. The fourth-order valence-corrected chi connectivity index (χ4v) is 6.34. The van der Waals surface area contributed by atoms with Gasteiger partial charge in [-0.1, -0.05) is 12.1 Å². The van der Waals surface area contributed by atoms with Gasteiger partial charge in [-0.3, -0.25) is 9.59 Å². The highest BCUT2D eigenvalue weighted by Crippen LogP contribution is 2.34. The number of fused-ring (bicyclic) bond motifs is 1. The number of methoxy groups -OCH3 is 1. The van der Waals surface area contributed by atoms with Gasteiger partial charge in [-0.2, -0.15) is 0 Å². The second-order valence-corrected chi connectivity index (χ2v) is 12.8. The number of anilines is 3. The van der Waals surface area contributed by atoms with Gasteiger partial charge in [-0.05, 0) is 93.7 Å². The van der Waals surface area contributed by atoms with Crippen molar-refractivity contribution in [2.75, 3.05) is 76.1 Å². The molecule has 3 aromatic carbocycles. The maximum absolute atomic E-state index is 13.8. The van der Waals surface area contributed by atoms with E-state index >= 15 is 0 Å². The topological polar surface area (TPSA) is 130 Å². The van der Waals surface area contributed by atoms with Crippen LogP contribution in [-0.2, 0) is 20.7 Å². The number of benzene rings is 3. The van der Waals surface area contributed by atoms with Gasteiger partial charge in [0.25, 0.3) is 11.8 Å². The molecule has 270 valence electrons. The predicted octanol–water partition coefficient (Wildman–Crippen LogP) is 4.94. The van der Waals surface area contributed by atoms with Crippen molar-refractivity contribution in [3.8, 4) is 11.5 Å². The zero-order valence-corrected chi connectivity index (χ0v) is 30.0. The van der Waals surface area contributed by atoms with Crippen molar-refractivity contribution in [3.05, 3.63) is 82.5 Å². The normalized spacial score (nSPS) is 15.2. The molecule has 0 radical (unpaired) electrons. The Labute approximate surface area is 299 Å². The van der Waals surface area contributed by atoms with Gasteiger partial charge in [0.05, 0.1) is 37.4 Å². The molecule has 2 heterocycles. The molecule has 12 nitrogen and oxygen atoms in total. The summed E-state index contributed by atoms with van der Waals surface area (Å²) in [5.74, 6) is 2.03. The zero-order valence-electron chi connectivity index (χ0n) is 30.0. The number of likely N-dealkylation sites (N-methyl/N-ethyl adjacent to an activating group) is 1. The number of carbonyl (C=O) groups is 3. The molecule has 0 saturated carbocycles. The van der Waals surface area contributed by atoms with E-state index in [2.05, 4.69) is 33.4 Å². The third kappa shape index (κ3) is 8.89. The van der Waals surface area contributed by atoms with E-state index in [-0.39, 0.29) is 24.4 Å². The van der Waals surface area contributed by atoms with Crippen LogP contribution in [0.3, 0.4) is 0 Å². The van der Waals surface area contributed by atoms with Crippen molar-refractivity contribution in [2.45, 2.75) is 45.6 Å². The second kappa shape index (κ2) is 17.1. The summed E-state index contributed by atoms with van der Waals surface area (Å²) in [5, 5.41) is 6.04. The van der Waals surface area contributed by atoms with Crippen molar-refractivity contribution in [2.24, 2.45) is 0 Å². The fraction of sp³-hybridized carbons (Fsp3) is 0.410. The number of piperazine rings is 1. The molecule has 51 heavy (non-hydrogen) atoms. The molecule has 2 aliphatic rings. The van der Waals surface area contributed by atoms with Crippen LogP contribution in [0.25, 0.3) is 0 Å². The van der Waals surface area contributed by atoms with Crippen molar-refractivity contribution >= 4 is 40.8 Å². The number of carbonyl (C=O) groups excluding carboxylic acids is 4. The Bertz CT molecular complexity index is 1800. The molecule has 12 heteroatoms. The Balaban J connectivity index is 1.22. The summed E-state index contributed by atoms with van der Waals surface area (Å²) < 4.78 is 16.9. The number of allylic oxidation sites excluding steroid dienone is 1. The number of esters is 1. The van der Waals surface area contributed by atoms with Crippen molar-refractivity contribution in [3.63, 3.8) is 0 Å². The van der Waals surface area contributed by atoms with Crippen LogP contribution in [0.15, 0.2) is 60.3 Å². The Hall–Kier alpha value is -5.32. The number of unbranched alkanes of at least 4 members (excludes halogenated alkanes) is 1. The van der Waals surface area contributed by atoms with Crippen LogP contribution in [0.2, 0.25) is 0 Å². The molecule has 0 aliphatic carbocycles. The summed E-state index contributed by atoms with van der Waals surface area (Å²) >= 11 is 0. The van der Waals surface area contributed by atoms with Gasteiger partial charge in [-0.25, -0.2) is 9.59 Å². The molecule has 0 aromatic heterocycles. The minimum Gasteiger partial charge on any atom is -0.495 e. The van der Waals surface area contributed by atoms with Crippen LogP contribution in [0, 0.1) is 6.92 Å². The lowest BCUT2D eigenvalue weighted by atomic mass is 10.0. The minimum absolute atomic E-state index is 0.273. The van der Waals surface area contributed by atoms with Gasteiger partial charge in [-0.15, -0.1) is 0 Å². The number of hydrogen-bond donors (Lipinski definition) is 2. The lowest BCUT2D eigenvalue weighted by molar-refractivity contribution is -0.143. The molecule has 3 aromatic rings. The van der Waals surface area contributed by atoms with E-state index in [9.17, 15) is 19.2 Å². The van der Waals surface area contributed by atoms with Crippen LogP contribution >= 0.6 is 0 Å². The quantitative estimate of drug-likeness (QED) is 0.136. The third-order valence-corrected chi connectivity index (χ3v) is 9.28.